The first-order chi connectivity index (χ1) is 12.2. The molecule has 1 saturated carbocycles. The van der Waals surface area contributed by atoms with Crippen molar-refractivity contribution in [3.05, 3.63) is 23.0 Å². The lowest BCUT2D eigenvalue weighted by Crippen LogP contribution is -3.21. The van der Waals surface area contributed by atoms with Crippen molar-refractivity contribution in [2.75, 3.05) is 19.6 Å². The van der Waals surface area contributed by atoms with Crippen molar-refractivity contribution < 1.29 is 15.1 Å². The van der Waals surface area contributed by atoms with Gasteiger partial charge in [-0.25, -0.2) is 0 Å². The van der Waals surface area contributed by atoms with E-state index in [-0.39, 0.29) is 17.9 Å². The number of likely N-dealkylation sites (tertiary alicyclic amines) is 1. The first kappa shape index (κ1) is 18.3. The molecule has 1 aromatic rings. The Labute approximate surface area is 150 Å². The van der Waals surface area contributed by atoms with Gasteiger partial charge in [0.2, 0.25) is 0 Å². The number of rotatable bonds is 5. The standard InChI is InChI=1S/C20H31N3O2/c1-16-19(25)18(17(14-24)12-22-16)13-21-15-20(8-4-2-5-9-20)23-10-6-3-7-11-23/h12-13,24-25H,2-11,14-15H2,1H3/p+1. The minimum absolute atomic E-state index is 0.134. The minimum Gasteiger partial charge on any atom is -0.505 e. The number of aliphatic hydroxyl groups is 1. The quantitative estimate of drug-likeness (QED) is 0.712. The lowest BCUT2D eigenvalue weighted by atomic mass is 9.79. The van der Waals surface area contributed by atoms with Crippen LogP contribution in [-0.4, -0.2) is 46.6 Å². The predicted octanol–water partition coefficient (Wildman–Crippen LogP) is 1.78. The van der Waals surface area contributed by atoms with Crippen LogP contribution in [0.1, 0.15) is 68.2 Å². The van der Waals surface area contributed by atoms with Gasteiger partial charge in [-0.05, 0) is 39.0 Å². The van der Waals surface area contributed by atoms with Gasteiger partial charge in [0.1, 0.15) is 11.3 Å². The molecule has 25 heavy (non-hydrogen) atoms. The second kappa shape index (κ2) is 8.28. The summed E-state index contributed by atoms with van der Waals surface area (Å²) in [6, 6.07) is 0. The molecule has 0 unspecified atom stereocenters. The number of aryl methyl sites for hydroxylation is 1. The average Bonchev–Trinajstić information content (AvgIpc) is 2.67. The van der Waals surface area contributed by atoms with Crippen molar-refractivity contribution in [1.82, 2.24) is 4.98 Å². The molecule has 0 atom stereocenters. The van der Waals surface area contributed by atoms with Crippen LogP contribution in [0.15, 0.2) is 11.2 Å². The van der Waals surface area contributed by atoms with Gasteiger partial charge in [-0.15, -0.1) is 0 Å². The van der Waals surface area contributed by atoms with Crippen molar-refractivity contribution in [1.29, 1.82) is 0 Å². The highest BCUT2D eigenvalue weighted by molar-refractivity contribution is 5.85. The van der Waals surface area contributed by atoms with E-state index in [4.69, 9.17) is 4.99 Å². The minimum atomic E-state index is -0.134. The Balaban J connectivity index is 1.79. The van der Waals surface area contributed by atoms with Gasteiger partial charge < -0.3 is 15.1 Å². The van der Waals surface area contributed by atoms with Gasteiger partial charge in [-0.1, -0.05) is 6.42 Å². The molecule has 1 aliphatic carbocycles. The van der Waals surface area contributed by atoms with Crippen LogP contribution in [0, 0.1) is 6.92 Å². The highest BCUT2D eigenvalue weighted by Gasteiger charge is 2.41. The summed E-state index contributed by atoms with van der Waals surface area (Å²) < 4.78 is 0. The van der Waals surface area contributed by atoms with Crippen LogP contribution >= 0.6 is 0 Å². The summed E-state index contributed by atoms with van der Waals surface area (Å²) in [7, 11) is 0. The van der Waals surface area contributed by atoms with Gasteiger partial charge in [-0.2, -0.15) is 0 Å². The van der Waals surface area contributed by atoms with Crippen LogP contribution in [-0.2, 0) is 6.61 Å². The molecule has 0 radical (unpaired) electrons. The number of aliphatic hydroxyl groups excluding tert-OH is 1. The van der Waals surface area contributed by atoms with E-state index in [1.165, 1.54) is 64.5 Å². The molecule has 2 fully saturated rings. The maximum absolute atomic E-state index is 10.3. The van der Waals surface area contributed by atoms with E-state index in [9.17, 15) is 10.2 Å². The maximum atomic E-state index is 10.3. The van der Waals surface area contributed by atoms with Gasteiger partial charge in [-0.3, -0.25) is 9.98 Å². The third-order valence-electron chi connectivity index (χ3n) is 6.16. The smallest absolute Gasteiger partial charge is 0.145 e. The monoisotopic (exact) mass is 346 g/mol. The fraction of sp³-hybridized carbons (Fsp3) is 0.700. The summed E-state index contributed by atoms with van der Waals surface area (Å²) in [5.74, 6) is 0.137. The summed E-state index contributed by atoms with van der Waals surface area (Å²) >= 11 is 0. The van der Waals surface area contributed by atoms with E-state index in [0.29, 0.717) is 16.8 Å². The summed E-state index contributed by atoms with van der Waals surface area (Å²) in [6.07, 6.45) is 13.9. The second-order valence-electron chi connectivity index (χ2n) is 7.76. The van der Waals surface area contributed by atoms with Crippen molar-refractivity contribution >= 4 is 6.21 Å². The van der Waals surface area contributed by atoms with E-state index >= 15 is 0 Å². The maximum Gasteiger partial charge on any atom is 0.145 e. The number of aromatic nitrogens is 1. The molecule has 5 heteroatoms. The van der Waals surface area contributed by atoms with Gasteiger partial charge in [0.05, 0.1) is 31.9 Å². The Morgan fingerprint density at radius 2 is 1.84 bits per heavy atom. The largest absolute Gasteiger partial charge is 0.505 e. The zero-order chi connectivity index (χ0) is 17.7. The van der Waals surface area contributed by atoms with Crippen molar-refractivity contribution in [2.24, 2.45) is 4.99 Å². The Bertz CT molecular complexity index is 603. The van der Waals surface area contributed by atoms with Gasteiger partial charge in [0.15, 0.2) is 0 Å². The molecule has 2 aliphatic rings. The molecular weight excluding hydrogens is 314 g/mol. The molecule has 1 aliphatic heterocycles. The van der Waals surface area contributed by atoms with Crippen molar-refractivity contribution in [3.63, 3.8) is 0 Å². The third kappa shape index (κ3) is 4.04. The van der Waals surface area contributed by atoms with Crippen LogP contribution in [0.25, 0.3) is 0 Å². The number of aromatic hydroxyl groups is 1. The average molecular weight is 346 g/mol. The zero-order valence-electron chi connectivity index (χ0n) is 15.4. The summed E-state index contributed by atoms with van der Waals surface area (Å²) in [5.41, 5.74) is 2.10. The number of pyridine rings is 1. The van der Waals surface area contributed by atoms with Crippen LogP contribution in [0.5, 0.6) is 5.75 Å². The number of hydrogen-bond donors (Lipinski definition) is 3. The summed E-state index contributed by atoms with van der Waals surface area (Å²) in [5, 5.41) is 19.8. The van der Waals surface area contributed by atoms with Crippen LogP contribution in [0.4, 0.5) is 0 Å². The van der Waals surface area contributed by atoms with Gasteiger partial charge in [0.25, 0.3) is 0 Å². The summed E-state index contributed by atoms with van der Waals surface area (Å²) in [6.45, 7) is 5.00. The fourth-order valence-corrected chi connectivity index (χ4v) is 4.60. The second-order valence-corrected chi connectivity index (χ2v) is 7.76. The molecular formula is C20H32N3O2+. The highest BCUT2D eigenvalue weighted by Crippen LogP contribution is 2.27. The number of hydrogen-bond acceptors (Lipinski definition) is 4. The first-order valence-corrected chi connectivity index (χ1v) is 9.79. The zero-order valence-corrected chi connectivity index (χ0v) is 15.4. The Kier molecular flexibility index (Phi) is 6.07. The number of quaternary nitrogens is 1. The number of aliphatic imine (C=N–C) groups is 1. The molecule has 1 saturated heterocycles. The molecule has 0 aromatic carbocycles. The molecule has 0 spiro atoms. The topological polar surface area (TPSA) is 70.2 Å². The third-order valence-corrected chi connectivity index (χ3v) is 6.16. The highest BCUT2D eigenvalue weighted by atomic mass is 16.3. The number of piperidine rings is 1. The lowest BCUT2D eigenvalue weighted by molar-refractivity contribution is -0.957. The van der Waals surface area contributed by atoms with E-state index in [2.05, 4.69) is 4.98 Å². The Morgan fingerprint density at radius 3 is 2.52 bits per heavy atom. The van der Waals surface area contributed by atoms with Gasteiger partial charge >= 0.3 is 0 Å². The summed E-state index contributed by atoms with van der Waals surface area (Å²) in [4.78, 5) is 10.6. The van der Waals surface area contributed by atoms with E-state index < -0.39 is 0 Å². The van der Waals surface area contributed by atoms with Crippen LogP contribution < -0.4 is 4.90 Å². The normalized spacial score (nSPS) is 21.7. The molecule has 138 valence electrons. The van der Waals surface area contributed by atoms with Crippen LogP contribution in [0.3, 0.4) is 0 Å². The molecule has 0 bridgehead atoms. The molecule has 3 N–H and O–H groups in total. The van der Waals surface area contributed by atoms with E-state index in [1.54, 1.807) is 24.2 Å². The number of nitrogens with zero attached hydrogens (tertiary/aromatic N) is 2. The molecule has 0 amide bonds. The SMILES string of the molecule is Cc1ncc(CO)c(C=NCC2([NH+]3CCCCC3)CCCCC2)c1O. The lowest BCUT2D eigenvalue weighted by Gasteiger charge is -2.44. The van der Waals surface area contributed by atoms with E-state index in [0.717, 1.165) is 6.54 Å². The van der Waals surface area contributed by atoms with E-state index in [1.807, 2.05) is 0 Å². The Hall–Kier alpha value is -1.46. The number of nitrogens with one attached hydrogen (secondary N) is 1. The fourth-order valence-electron chi connectivity index (χ4n) is 4.60. The van der Waals surface area contributed by atoms with Gasteiger partial charge in [0, 0.05) is 36.4 Å². The molecule has 1 aromatic heterocycles. The Morgan fingerprint density at radius 1 is 1.16 bits per heavy atom. The predicted molar refractivity (Wildman–Crippen MR) is 99.4 cm³/mol. The molecule has 2 heterocycles. The molecule has 5 nitrogen and oxygen atoms in total. The van der Waals surface area contributed by atoms with Crippen molar-refractivity contribution in [3.8, 4) is 5.75 Å². The first-order valence-electron chi connectivity index (χ1n) is 9.79. The van der Waals surface area contributed by atoms with Crippen LogP contribution in [0.2, 0.25) is 0 Å². The van der Waals surface area contributed by atoms with Crippen molar-refractivity contribution in [2.45, 2.75) is 70.4 Å². The molecule has 3 rings (SSSR count).